The largest absolute Gasteiger partial charge is 0.495 e. The van der Waals surface area contributed by atoms with Gasteiger partial charge in [0.05, 0.1) is 24.9 Å². The fraction of sp³-hybridized carbons (Fsp3) is 0.650. The minimum Gasteiger partial charge on any atom is -0.495 e. The lowest BCUT2D eigenvalue weighted by molar-refractivity contribution is 0.0571. The van der Waals surface area contributed by atoms with Gasteiger partial charge < -0.3 is 25.0 Å². The first-order valence-corrected chi connectivity index (χ1v) is 9.79. The van der Waals surface area contributed by atoms with E-state index in [-0.39, 0.29) is 0 Å². The summed E-state index contributed by atoms with van der Waals surface area (Å²) in [6.07, 6.45) is 3.97. The summed E-state index contributed by atoms with van der Waals surface area (Å²) in [6, 6.07) is 8.18. The SMILES string of the molecule is CCNC(=NCC1(O)CCCC1)N1CCN(c2ccccc2OC)CC1. The first-order chi connectivity index (χ1) is 12.6. The second kappa shape index (κ2) is 8.62. The first-order valence-electron chi connectivity index (χ1n) is 9.79. The van der Waals surface area contributed by atoms with Gasteiger partial charge in [-0.25, -0.2) is 0 Å². The maximum Gasteiger partial charge on any atom is 0.194 e. The number of aliphatic hydroxyl groups is 1. The normalized spacial score (nSPS) is 20.3. The molecule has 0 bridgehead atoms. The Kier molecular flexibility index (Phi) is 6.25. The number of aliphatic imine (C=N–C) groups is 1. The van der Waals surface area contributed by atoms with Crippen LogP contribution in [-0.2, 0) is 0 Å². The highest BCUT2D eigenvalue weighted by molar-refractivity contribution is 5.80. The molecule has 2 fully saturated rings. The lowest BCUT2D eigenvalue weighted by Gasteiger charge is -2.38. The average molecular weight is 361 g/mol. The number of nitrogens with one attached hydrogen (secondary N) is 1. The molecule has 3 rings (SSSR count). The van der Waals surface area contributed by atoms with Crippen molar-refractivity contribution in [2.24, 2.45) is 4.99 Å². The summed E-state index contributed by atoms with van der Waals surface area (Å²) in [4.78, 5) is 9.42. The van der Waals surface area contributed by atoms with Crippen molar-refractivity contribution in [2.45, 2.75) is 38.2 Å². The molecule has 0 amide bonds. The molecular formula is C20H32N4O2. The summed E-state index contributed by atoms with van der Waals surface area (Å²) in [5.41, 5.74) is 0.553. The third kappa shape index (κ3) is 4.41. The fourth-order valence-electron chi connectivity index (χ4n) is 3.89. The van der Waals surface area contributed by atoms with Crippen LogP contribution in [0, 0.1) is 0 Å². The van der Waals surface area contributed by atoms with E-state index in [2.05, 4.69) is 34.2 Å². The highest BCUT2D eigenvalue weighted by Crippen LogP contribution is 2.30. The summed E-state index contributed by atoms with van der Waals surface area (Å²) in [6.45, 7) is 7.09. The zero-order chi connectivity index (χ0) is 18.4. The van der Waals surface area contributed by atoms with Crippen molar-refractivity contribution >= 4 is 11.6 Å². The lowest BCUT2D eigenvalue weighted by atomic mass is 10.0. The van der Waals surface area contributed by atoms with E-state index < -0.39 is 5.60 Å². The number of methoxy groups -OCH3 is 1. The van der Waals surface area contributed by atoms with Gasteiger partial charge in [0.15, 0.2) is 5.96 Å². The van der Waals surface area contributed by atoms with E-state index in [1.165, 1.54) is 0 Å². The number of para-hydroxylation sites is 2. The van der Waals surface area contributed by atoms with E-state index in [4.69, 9.17) is 9.73 Å². The third-order valence-electron chi connectivity index (χ3n) is 5.40. The zero-order valence-electron chi connectivity index (χ0n) is 16.1. The van der Waals surface area contributed by atoms with E-state index in [0.717, 1.165) is 75.8 Å². The van der Waals surface area contributed by atoms with Gasteiger partial charge in [0.2, 0.25) is 0 Å². The standard InChI is InChI=1S/C20H32N4O2/c1-3-21-19(22-16-20(25)10-6-7-11-20)24-14-12-23(13-15-24)17-8-4-5-9-18(17)26-2/h4-5,8-9,25H,3,6-7,10-16H2,1-2H3,(H,21,22). The Labute approximate surface area is 156 Å². The third-order valence-corrected chi connectivity index (χ3v) is 5.40. The van der Waals surface area contributed by atoms with Crippen molar-refractivity contribution < 1.29 is 9.84 Å². The predicted octanol–water partition coefficient (Wildman–Crippen LogP) is 2.09. The molecule has 1 aliphatic carbocycles. The number of guanidine groups is 1. The summed E-state index contributed by atoms with van der Waals surface area (Å²) in [5.74, 6) is 1.84. The van der Waals surface area contributed by atoms with Gasteiger partial charge in [0.25, 0.3) is 0 Å². The highest BCUT2D eigenvalue weighted by Gasteiger charge is 2.31. The topological polar surface area (TPSA) is 60.3 Å². The van der Waals surface area contributed by atoms with E-state index in [9.17, 15) is 5.11 Å². The molecular weight excluding hydrogens is 328 g/mol. The molecule has 2 N–H and O–H groups in total. The van der Waals surface area contributed by atoms with Crippen LogP contribution in [0.4, 0.5) is 5.69 Å². The minimum absolute atomic E-state index is 0.502. The van der Waals surface area contributed by atoms with Crippen LogP contribution in [-0.4, -0.2) is 67.9 Å². The molecule has 0 aromatic heterocycles. The summed E-state index contributed by atoms with van der Waals surface area (Å²) >= 11 is 0. The number of ether oxygens (including phenoxy) is 1. The van der Waals surface area contributed by atoms with Gasteiger partial charge in [-0.05, 0) is 31.9 Å². The molecule has 1 saturated carbocycles. The maximum atomic E-state index is 10.6. The lowest BCUT2D eigenvalue weighted by Crippen LogP contribution is -2.53. The summed E-state index contributed by atoms with van der Waals surface area (Å²) in [7, 11) is 1.72. The predicted molar refractivity (Wildman–Crippen MR) is 106 cm³/mol. The Balaban J connectivity index is 1.62. The van der Waals surface area contributed by atoms with E-state index in [1.54, 1.807) is 7.11 Å². The second-order valence-corrected chi connectivity index (χ2v) is 7.25. The molecule has 0 spiro atoms. The molecule has 0 unspecified atom stereocenters. The molecule has 0 radical (unpaired) electrons. The van der Waals surface area contributed by atoms with Crippen LogP contribution in [0.25, 0.3) is 0 Å². The fourth-order valence-corrected chi connectivity index (χ4v) is 3.89. The Morgan fingerprint density at radius 2 is 1.88 bits per heavy atom. The van der Waals surface area contributed by atoms with Crippen LogP contribution >= 0.6 is 0 Å². The average Bonchev–Trinajstić information content (AvgIpc) is 3.12. The van der Waals surface area contributed by atoms with Gasteiger partial charge in [-0.2, -0.15) is 0 Å². The van der Waals surface area contributed by atoms with Crippen molar-refractivity contribution in [3.8, 4) is 5.75 Å². The minimum atomic E-state index is -0.597. The molecule has 1 aliphatic heterocycles. The van der Waals surface area contributed by atoms with Crippen LogP contribution in [0.2, 0.25) is 0 Å². The maximum absolute atomic E-state index is 10.6. The van der Waals surface area contributed by atoms with E-state index in [1.807, 2.05) is 12.1 Å². The van der Waals surface area contributed by atoms with Crippen molar-refractivity contribution in [2.75, 3.05) is 51.3 Å². The second-order valence-electron chi connectivity index (χ2n) is 7.25. The number of benzene rings is 1. The monoisotopic (exact) mass is 360 g/mol. The first kappa shape index (κ1) is 18.8. The molecule has 6 heteroatoms. The molecule has 144 valence electrons. The molecule has 0 atom stereocenters. The molecule has 26 heavy (non-hydrogen) atoms. The Morgan fingerprint density at radius 3 is 2.54 bits per heavy atom. The molecule has 1 heterocycles. The number of piperazine rings is 1. The van der Waals surface area contributed by atoms with E-state index >= 15 is 0 Å². The van der Waals surface area contributed by atoms with Crippen molar-refractivity contribution in [1.29, 1.82) is 0 Å². The molecule has 1 saturated heterocycles. The van der Waals surface area contributed by atoms with Gasteiger partial charge in [0.1, 0.15) is 5.75 Å². The Bertz CT molecular complexity index is 606. The van der Waals surface area contributed by atoms with Crippen molar-refractivity contribution in [1.82, 2.24) is 10.2 Å². The van der Waals surface area contributed by atoms with Gasteiger partial charge in [-0.1, -0.05) is 25.0 Å². The van der Waals surface area contributed by atoms with Crippen LogP contribution in [0.1, 0.15) is 32.6 Å². The van der Waals surface area contributed by atoms with Gasteiger partial charge in [-0.15, -0.1) is 0 Å². The van der Waals surface area contributed by atoms with Crippen LogP contribution < -0.4 is 15.0 Å². The molecule has 2 aliphatic rings. The van der Waals surface area contributed by atoms with Crippen LogP contribution in [0.15, 0.2) is 29.3 Å². The number of hydrogen-bond donors (Lipinski definition) is 2. The van der Waals surface area contributed by atoms with Gasteiger partial charge in [0, 0.05) is 32.7 Å². The van der Waals surface area contributed by atoms with Crippen molar-refractivity contribution in [3.63, 3.8) is 0 Å². The quantitative estimate of drug-likeness (QED) is 0.622. The van der Waals surface area contributed by atoms with Crippen molar-refractivity contribution in [3.05, 3.63) is 24.3 Å². The number of nitrogens with zero attached hydrogens (tertiary/aromatic N) is 3. The highest BCUT2D eigenvalue weighted by atomic mass is 16.5. The molecule has 1 aromatic carbocycles. The molecule has 1 aromatic rings. The van der Waals surface area contributed by atoms with Gasteiger partial charge in [-0.3, -0.25) is 4.99 Å². The Hall–Kier alpha value is -1.95. The number of hydrogen-bond acceptors (Lipinski definition) is 4. The summed E-state index contributed by atoms with van der Waals surface area (Å²) in [5, 5.41) is 14.0. The number of rotatable bonds is 5. The van der Waals surface area contributed by atoms with Crippen LogP contribution in [0.3, 0.4) is 0 Å². The molecule has 6 nitrogen and oxygen atoms in total. The number of anilines is 1. The smallest absolute Gasteiger partial charge is 0.194 e. The zero-order valence-corrected chi connectivity index (χ0v) is 16.1. The Morgan fingerprint density at radius 1 is 1.19 bits per heavy atom. The van der Waals surface area contributed by atoms with Crippen LogP contribution in [0.5, 0.6) is 5.75 Å². The van der Waals surface area contributed by atoms with E-state index in [0.29, 0.717) is 6.54 Å². The van der Waals surface area contributed by atoms with Gasteiger partial charge >= 0.3 is 0 Å². The summed E-state index contributed by atoms with van der Waals surface area (Å²) < 4.78 is 5.50.